The third-order valence-corrected chi connectivity index (χ3v) is 6.58. The van der Waals surface area contributed by atoms with E-state index in [-0.39, 0.29) is 17.0 Å². The third-order valence-electron chi connectivity index (χ3n) is 6.58. The quantitative estimate of drug-likeness (QED) is 0.724. The molecule has 2 saturated heterocycles. The zero-order chi connectivity index (χ0) is 20.3. The van der Waals surface area contributed by atoms with Crippen molar-refractivity contribution in [1.82, 2.24) is 9.88 Å². The molecular formula is C21H24FN3O4. The summed E-state index contributed by atoms with van der Waals surface area (Å²) >= 11 is 0. The maximum Gasteiger partial charge on any atom is 0.341 e. The maximum atomic E-state index is 15.3. The number of fused-ring (bicyclic) bond motifs is 2. The molecule has 1 aliphatic carbocycles. The van der Waals surface area contributed by atoms with Crippen LogP contribution in [-0.4, -0.2) is 46.4 Å². The van der Waals surface area contributed by atoms with Crippen LogP contribution in [0.1, 0.15) is 47.6 Å². The van der Waals surface area contributed by atoms with Crippen molar-refractivity contribution in [2.75, 3.05) is 24.5 Å². The predicted molar refractivity (Wildman–Crippen MR) is 106 cm³/mol. The molecule has 3 aliphatic rings. The van der Waals surface area contributed by atoms with E-state index in [9.17, 15) is 19.8 Å². The Morgan fingerprint density at radius 3 is 2.72 bits per heavy atom. The van der Waals surface area contributed by atoms with Gasteiger partial charge in [-0.15, -0.1) is 0 Å². The van der Waals surface area contributed by atoms with Crippen molar-refractivity contribution in [2.45, 2.75) is 44.4 Å². The molecule has 1 aromatic carbocycles. The third kappa shape index (κ3) is 2.93. The summed E-state index contributed by atoms with van der Waals surface area (Å²) in [5.74, 6) is -1.47. The van der Waals surface area contributed by atoms with E-state index in [0.717, 1.165) is 38.3 Å². The van der Waals surface area contributed by atoms with E-state index in [4.69, 9.17) is 0 Å². The highest BCUT2D eigenvalue weighted by Crippen LogP contribution is 2.41. The molecule has 2 atom stereocenters. The average molecular weight is 401 g/mol. The Labute approximate surface area is 166 Å². The van der Waals surface area contributed by atoms with E-state index in [0.29, 0.717) is 41.8 Å². The molecule has 3 fully saturated rings. The Kier molecular flexibility index (Phi) is 4.36. The summed E-state index contributed by atoms with van der Waals surface area (Å²) in [6.45, 7) is 1.90. The van der Waals surface area contributed by atoms with Crippen molar-refractivity contribution >= 4 is 22.6 Å². The number of rotatable bonds is 4. The van der Waals surface area contributed by atoms with E-state index in [2.05, 4.69) is 5.32 Å². The Balaban J connectivity index is 1.73. The molecule has 1 saturated carbocycles. The summed E-state index contributed by atoms with van der Waals surface area (Å²) in [5, 5.41) is 23.2. The standard InChI is InChI=1S/C21H24FN3O4/c22-16-6-13-18(25(12-3-4-12)8-14(20(13)27)21(28)29)15(10-26)19(16)24-7-11-2-1-5-23-17(11)9-24/h6,8,11-12,17,23,26H,1-5,7,9-10H2,(H,28,29)/t11-,17+/m0/s1. The van der Waals surface area contributed by atoms with Crippen LogP contribution in [0.15, 0.2) is 17.1 Å². The molecule has 1 aromatic heterocycles. The smallest absolute Gasteiger partial charge is 0.341 e. The first-order valence-corrected chi connectivity index (χ1v) is 10.2. The van der Waals surface area contributed by atoms with Crippen LogP contribution in [0.4, 0.5) is 10.1 Å². The van der Waals surface area contributed by atoms with Crippen LogP contribution in [0.25, 0.3) is 10.9 Å². The summed E-state index contributed by atoms with van der Waals surface area (Å²) < 4.78 is 17.0. The van der Waals surface area contributed by atoms with Gasteiger partial charge in [-0.3, -0.25) is 4.79 Å². The van der Waals surface area contributed by atoms with Gasteiger partial charge in [-0.2, -0.15) is 0 Å². The summed E-state index contributed by atoms with van der Waals surface area (Å²) in [6.07, 6.45) is 5.28. The number of aliphatic hydroxyl groups is 1. The fourth-order valence-corrected chi connectivity index (χ4v) is 5.07. The van der Waals surface area contributed by atoms with Crippen molar-refractivity contribution in [3.63, 3.8) is 0 Å². The number of aliphatic hydroxyl groups excluding tert-OH is 1. The molecule has 154 valence electrons. The number of carboxylic acid groups (broad SMARTS) is 1. The Morgan fingerprint density at radius 2 is 2.07 bits per heavy atom. The lowest BCUT2D eigenvalue weighted by Crippen LogP contribution is -2.40. The van der Waals surface area contributed by atoms with Gasteiger partial charge in [-0.05, 0) is 44.2 Å². The van der Waals surface area contributed by atoms with Crippen molar-refractivity contribution in [3.8, 4) is 0 Å². The summed E-state index contributed by atoms with van der Waals surface area (Å²) in [6, 6.07) is 1.53. The molecule has 0 spiro atoms. The zero-order valence-electron chi connectivity index (χ0n) is 16.0. The number of aromatic carboxylic acids is 1. The van der Waals surface area contributed by atoms with Crippen molar-refractivity contribution in [2.24, 2.45) is 5.92 Å². The molecule has 0 radical (unpaired) electrons. The lowest BCUT2D eigenvalue weighted by molar-refractivity contribution is 0.0695. The number of pyridine rings is 1. The minimum absolute atomic E-state index is 0.0249. The number of piperidine rings is 1. The highest BCUT2D eigenvalue weighted by atomic mass is 19.1. The van der Waals surface area contributed by atoms with Crippen LogP contribution in [0.3, 0.4) is 0 Å². The zero-order valence-corrected chi connectivity index (χ0v) is 16.0. The van der Waals surface area contributed by atoms with Crippen LogP contribution in [0, 0.1) is 11.7 Å². The fourth-order valence-electron chi connectivity index (χ4n) is 5.07. The molecule has 29 heavy (non-hydrogen) atoms. The Bertz CT molecular complexity index is 1050. The van der Waals surface area contributed by atoms with E-state index in [1.54, 1.807) is 4.57 Å². The molecule has 5 rings (SSSR count). The predicted octanol–water partition coefficient (Wildman–Crippen LogP) is 1.85. The fraction of sp³-hybridized carbons (Fsp3) is 0.524. The molecule has 0 amide bonds. The molecule has 0 unspecified atom stereocenters. The molecular weight excluding hydrogens is 377 g/mol. The van der Waals surface area contributed by atoms with Gasteiger partial charge in [0.05, 0.1) is 17.8 Å². The molecule has 8 heteroatoms. The Hall–Kier alpha value is -2.45. The van der Waals surface area contributed by atoms with Crippen molar-refractivity contribution in [1.29, 1.82) is 0 Å². The number of anilines is 1. The average Bonchev–Trinajstić information content (AvgIpc) is 3.45. The molecule has 2 aliphatic heterocycles. The highest BCUT2D eigenvalue weighted by Gasteiger charge is 2.37. The van der Waals surface area contributed by atoms with Crippen molar-refractivity contribution in [3.05, 3.63) is 39.4 Å². The van der Waals surface area contributed by atoms with E-state index in [1.807, 2.05) is 4.90 Å². The summed E-state index contributed by atoms with van der Waals surface area (Å²) in [7, 11) is 0. The largest absolute Gasteiger partial charge is 0.477 e. The van der Waals surface area contributed by atoms with Crippen LogP contribution in [0.2, 0.25) is 0 Å². The maximum absolute atomic E-state index is 15.3. The van der Waals surface area contributed by atoms with Gasteiger partial charge in [-0.25, -0.2) is 9.18 Å². The summed E-state index contributed by atoms with van der Waals surface area (Å²) in [5.41, 5.74) is 0.107. The van der Waals surface area contributed by atoms with E-state index >= 15 is 4.39 Å². The highest BCUT2D eigenvalue weighted by molar-refractivity contribution is 5.95. The molecule has 3 heterocycles. The second kappa shape index (κ2) is 6.81. The van der Waals surface area contributed by atoms with Crippen molar-refractivity contribution < 1.29 is 19.4 Å². The van der Waals surface area contributed by atoms with Gasteiger partial charge in [0.25, 0.3) is 0 Å². The van der Waals surface area contributed by atoms with Crippen LogP contribution in [0.5, 0.6) is 0 Å². The molecule has 3 N–H and O–H groups in total. The minimum atomic E-state index is -1.32. The van der Waals surface area contributed by atoms with Gasteiger partial charge < -0.3 is 25.0 Å². The number of carbonyl (C=O) groups is 1. The minimum Gasteiger partial charge on any atom is -0.477 e. The van der Waals surface area contributed by atoms with Crippen LogP contribution >= 0.6 is 0 Å². The molecule has 0 bridgehead atoms. The van der Waals surface area contributed by atoms with Crippen LogP contribution in [-0.2, 0) is 6.61 Å². The number of aromatic nitrogens is 1. The number of nitrogens with one attached hydrogen (secondary N) is 1. The normalized spacial score (nSPS) is 24.1. The van der Waals surface area contributed by atoms with Crippen LogP contribution < -0.4 is 15.6 Å². The number of carboxylic acids is 1. The SMILES string of the molecule is O=C(O)c1cn(C2CC2)c2c(CO)c(N3C[C@@H]4CCCN[C@@H]4C3)c(F)cc2c1=O. The lowest BCUT2D eigenvalue weighted by atomic mass is 9.94. The van der Waals surface area contributed by atoms with Gasteiger partial charge in [0.1, 0.15) is 11.4 Å². The topological polar surface area (TPSA) is 94.8 Å². The molecule has 7 nitrogen and oxygen atoms in total. The molecule has 2 aromatic rings. The summed E-state index contributed by atoms with van der Waals surface area (Å²) in [4.78, 5) is 26.3. The Morgan fingerprint density at radius 1 is 1.28 bits per heavy atom. The number of benzene rings is 1. The van der Waals surface area contributed by atoms with E-state index in [1.165, 1.54) is 6.20 Å². The van der Waals surface area contributed by atoms with Gasteiger partial charge in [0.2, 0.25) is 5.43 Å². The van der Waals surface area contributed by atoms with Gasteiger partial charge in [0.15, 0.2) is 0 Å². The first-order chi connectivity index (χ1) is 14.0. The van der Waals surface area contributed by atoms with E-state index < -0.39 is 23.8 Å². The number of nitrogens with zero attached hydrogens (tertiary/aromatic N) is 2. The number of halogens is 1. The first kappa shape index (κ1) is 18.6. The first-order valence-electron chi connectivity index (χ1n) is 10.2. The van der Waals surface area contributed by atoms with Gasteiger partial charge >= 0.3 is 5.97 Å². The second-order valence-corrected chi connectivity index (χ2v) is 8.42. The van der Waals surface area contributed by atoms with Gasteiger partial charge in [0, 0.05) is 42.3 Å². The monoisotopic (exact) mass is 401 g/mol. The number of hydrogen-bond acceptors (Lipinski definition) is 5. The van der Waals surface area contributed by atoms with Gasteiger partial charge in [-0.1, -0.05) is 0 Å². The second-order valence-electron chi connectivity index (χ2n) is 8.42. The number of hydrogen-bond donors (Lipinski definition) is 3. The lowest BCUT2D eigenvalue weighted by Gasteiger charge is -2.25.